The van der Waals surface area contributed by atoms with Crippen molar-refractivity contribution in [3.63, 3.8) is 0 Å². The third kappa shape index (κ3) is 2.48. The molecule has 4 nitrogen and oxygen atoms in total. The van der Waals surface area contributed by atoms with Gasteiger partial charge in [-0.15, -0.1) is 0 Å². The Hall–Kier alpha value is -1.55. The minimum absolute atomic E-state index is 0.390. The molecule has 0 aliphatic carbocycles. The SMILES string of the molecule is Cc1cc(N2CCN(C)C(C)C2)ccc1C(=O)O. The van der Waals surface area contributed by atoms with E-state index < -0.39 is 5.97 Å². The molecule has 0 aromatic heterocycles. The second-order valence-corrected chi connectivity index (χ2v) is 5.08. The maximum Gasteiger partial charge on any atom is 0.335 e. The normalized spacial score (nSPS) is 21.1. The van der Waals surface area contributed by atoms with Crippen LogP contribution in [0.2, 0.25) is 0 Å². The van der Waals surface area contributed by atoms with E-state index in [2.05, 4.69) is 23.8 Å². The lowest BCUT2D eigenvalue weighted by molar-refractivity contribution is 0.0696. The van der Waals surface area contributed by atoms with Gasteiger partial charge in [-0.1, -0.05) is 0 Å². The zero-order chi connectivity index (χ0) is 13.3. The summed E-state index contributed by atoms with van der Waals surface area (Å²) in [4.78, 5) is 15.6. The highest BCUT2D eigenvalue weighted by Gasteiger charge is 2.21. The summed E-state index contributed by atoms with van der Waals surface area (Å²) >= 11 is 0. The molecule has 0 saturated carbocycles. The summed E-state index contributed by atoms with van der Waals surface area (Å²) in [6.45, 7) is 7.09. The standard InChI is InChI=1S/C14H20N2O2/c1-10-8-12(4-5-13(10)14(17)18)16-7-6-15(3)11(2)9-16/h4-5,8,11H,6-7,9H2,1-3H3,(H,17,18). The van der Waals surface area contributed by atoms with Gasteiger partial charge in [-0.3, -0.25) is 0 Å². The minimum Gasteiger partial charge on any atom is -0.478 e. The Morgan fingerprint density at radius 1 is 1.39 bits per heavy atom. The van der Waals surface area contributed by atoms with E-state index in [1.165, 1.54) is 0 Å². The first-order valence-electron chi connectivity index (χ1n) is 6.28. The molecule has 0 spiro atoms. The molecule has 0 bridgehead atoms. The lowest BCUT2D eigenvalue weighted by atomic mass is 10.1. The molecule has 1 atom stereocenters. The molecule has 1 aromatic carbocycles. The van der Waals surface area contributed by atoms with Crippen LogP contribution in [-0.4, -0.2) is 48.7 Å². The smallest absolute Gasteiger partial charge is 0.335 e. The van der Waals surface area contributed by atoms with Crippen LogP contribution in [0.25, 0.3) is 0 Å². The summed E-state index contributed by atoms with van der Waals surface area (Å²) in [7, 11) is 2.14. The number of anilines is 1. The van der Waals surface area contributed by atoms with Gasteiger partial charge in [0.2, 0.25) is 0 Å². The quantitative estimate of drug-likeness (QED) is 0.867. The first-order valence-corrected chi connectivity index (χ1v) is 6.28. The van der Waals surface area contributed by atoms with Gasteiger partial charge in [0, 0.05) is 31.4 Å². The van der Waals surface area contributed by atoms with Crippen molar-refractivity contribution in [1.82, 2.24) is 4.90 Å². The number of likely N-dealkylation sites (N-methyl/N-ethyl adjacent to an activating group) is 1. The minimum atomic E-state index is -0.856. The molecule has 18 heavy (non-hydrogen) atoms. The van der Waals surface area contributed by atoms with Crippen LogP contribution < -0.4 is 4.90 Å². The fraction of sp³-hybridized carbons (Fsp3) is 0.500. The highest BCUT2D eigenvalue weighted by atomic mass is 16.4. The number of carboxylic acids is 1. The number of carbonyl (C=O) groups is 1. The molecule has 0 radical (unpaired) electrons. The Balaban J connectivity index is 2.19. The molecule has 1 aliphatic rings. The van der Waals surface area contributed by atoms with Crippen LogP contribution >= 0.6 is 0 Å². The summed E-state index contributed by atoms with van der Waals surface area (Å²) in [6.07, 6.45) is 0. The van der Waals surface area contributed by atoms with Crippen molar-refractivity contribution in [2.45, 2.75) is 19.9 Å². The predicted molar refractivity (Wildman–Crippen MR) is 72.4 cm³/mol. The maximum atomic E-state index is 11.0. The largest absolute Gasteiger partial charge is 0.478 e. The van der Waals surface area contributed by atoms with E-state index in [1.807, 2.05) is 19.1 Å². The van der Waals surface area contributed by atoms with Crippen LogP contribution in [0.4, 0.5) is 5.69 Å². The summed E-state index contributed by atoms with van der Waals surface area (Å²) in [6, 6.07) is 6.12. The van der Waals surface area contributed by atoms with E-state index in [0.29, 0.717) is 11.6 Å². The first-order chi connectivity index (χ1) is 8.49. The number of carboxylic acid groups (broad SMARTS) is 1. The molecule has 0 amide bonds. The van der Waals surface area contributed by atoms with Crippen LogP contribution in [0.1, 0.15) is 22.8 Å². The summed E-state index contributed by atoms with van der Waals surface area (Å²) in [5.41, 5.74) is 2.34. The average molecular weight is 248 g/mol. The van der Waals surface area contributed by atoms with Crippen molar-refractivity contribution < 1.29 is 9.90 Å². The lowest BCUT2D eigenvalue weighted by Crippen LogP contribution is -2.50. The Bertz CT molecular complexity index is 459. The van der Waals surface area contributed by atoms with Gasteiger partial charge in [-0.05, 0) is 44.7 Å². The molecule has 1 saturated heterocycles. The molecule has 1 heterocycles. The van der Waals surface area contributed by atoms with Crippen molar-refractivity contribution in [3.8, 4) is 0 Å². The second-order valence-electron chi connectivity index (χ2n) is 5.08. The molecular weight excluding hydrogens is 228 g/mol. The van der Waals surface area contributed by atoms with E-state index in [1.54, 1.807) is 6.07 Å². The molecular formula is C14H20N2O2. The highest BCUT2D eigenvalue weighted by Crippen LogP contribution is 2.22. The average Bonchev–Trinajstić information content (AvgIpc) is 2.32. The lowest BCUT2D eigenvalue weighted by Gasteiger charge is -2.39. The van der Waals surface area contributed by atoms with E-state index in [0.717, 1.165) is 30.9 Å². The van der Waals surface area contributed by atoms with E-state index in [4.69, 9.17) is 5.11 Å². The van der Waals surface area contributed by atoms with Crippen LogP contribution in [-0.2, 0) is 0 Å². The highest BCUT2D eigenvalue weighted by molar-refractivity contribution is 5.89. The van der Waals surface area contributed by atoms with Gasteiger partial charge in [-0.25, -0.2) is 4.79 Å². The molecule has 2 rings (SSSR count). The van der Waals surface area contributed by atoms with Gasteiger partial charge in [0.05, 0.1) is 5.56 Å². The topological polar surface area (TPSA) is 43.8 Å². The van der Waals surface area contributed by atoms with Gasteiger partial charge in [0.1, 0.15) is 0 Å². The van der Waals surface area contributed by atoms with Gasteiger partial charge in [0.15, 0.2) is 0 Å². The molecule has 1 unspecified atom stereocenters. The van der Waals surface area contributed by atoms with Crippen molar-refractivity contribution >= 4 is 11.7 Å². The fourth-order valence-corrected chi connectivity index (χ4v) is 2.37. The number of nitrogens with zero attached hydrogens (tertiary/aromatic N) is 2. The van der Waals surface area contributed by atoms with Crippen LogP contribution in [0.3, 0.4) is 0 Å². The van der Waals surface area contributed by atoms with Crippen molar-refractivity contribution in [2.24, 2.45) is 0 Å². The van der Waals surface area contributed by atoms with E-state index in [9.17, 15) is 4.79 Å². The number of rotatable bonds is 2. The van der Waals surface area contributed by atoms with Gasteiger partial charge in [-0.2, -0.15) is 0 Å². The monoisotopic (exact) mass is 248 g/mol. The summed E-state index contributed by atoms with van der Waals surface area (Å²) in [5.74, 6) is -0.856. The van der Waals surface area contributed by atoms with Crippen molar-refractivity contribution in [3.05, 3.63) is 29.3 Å². The zero-order valence-electron chi connectivity index (χ0n) is 11.2. The Morgan fingerprint density at radius 3 is 2.67 bits per heavy atom. The van der Waals surface area contributed by atoms with Gasteiger partial charge < -0.3 is 14.9 Å². The van der Waals surface area contributed by atoms with Crippen LogP contribution in [0.5, 0.6) is 0 Å². The Labute approximate surface area is 108 Å². The number of aromatic carboxylic acids is 1. The Kier molecular flexibility index (Phi) is 3.57. The summed E-state index contributed by atoms with van der Waals surface area (Å²) in [5, 5.41) is 9.02. The van der Waals surface area contributed by atoms with Crippen LogP contribution in [0.15, 0.2) is 18.2 Å². The molecule has 1 aliphatic heterocycles. The number of piperazine rings is 1. The van der Waals surface area contributed by atoms with Crippen molar-refractivity contribution in [1.29, 1.82) is 0 Å². The van der Waals surface area contributed by atoms with Crippen molar-refractivity contribution in [2.75, 3.05) is 31.6 Å². The summed E-state index contributed by atoms with van der Waals surface area (Å²) < 4.78 is 0. The van der Waals surface area contributed by atoms with Gasteiger partial charge in [0.25, 0.3) is 0 Å². The second kappa shape index (κ2) is 4.98. The van der Waals surface area contributed by atoms with E-state index in [-0.39, 0.29) is 0 Å². The fourth-order valence-electron chi connectivity index (χ4n) is 2.37. The maximum absolute atomic E-state index is 11.0. The third-order valence-electron chi connectivity index (χ3n) is 3.77. The third-order valence-corrected chi connectivity index (χ3v) is 3.77. The number of aryl methyl sites for hydroxylation is 1. The molecule has 4 heteroatoms. The van der Waals surface area contributed by atoms with Crippen LogP contribution in [0, 0.1) is 6.92 Å². The Morgan fingerprint density at radius 2 is 2.11 bits per heavy atom. The molecule has 98 valence electrons. The molecule has 1 N–H and O–H groups in total. The van der Waals surface area contributed by atoms with Gasteiger partial charge >= 0.3 is 5.97 Å². The number of hydrogen-bond acceptors (Lipinski definition) is 3. The first kappa shape index (κ1) is 12.9. The zero-order valence-corrected chi connectivity index (χ0v) is 11.2. The molecule has 1 fully saturated rings. The number of hydrogen-bond donors (Lipinski definition) is 1. The van der Waals surface area contributed by atoms with E-state index >= 15 is 0 Å². The number of benzene rings is 1. The predicted octanol–water partition coefficient (Wildman–Crippen LogP) is 1.83. The molecule has 1 aromatic rings.